The van der Waals surface area contributed by atoms with Gasteiger partial charge in [-0.05, 0) is 55.0 Å². The summed E-state index contributed by atoms with van der Waals surface area (Å²) in [5, 5.41) is 7.53. The predicted octanol–water partition coefficient (Wildman–Crippen LogP) is 4.51. The van der Waals surface area contributed by atoms with Crippen LogP contribution in [0.5, 0.6) is 0 Å². The smallest absolute Gasteiger partial charge is 0.251 e. The molecule has 2 aromatic heterocycles. The maximum Gasteiger partial charge on any atom is 0.251 e. The van der Waals surface area contributed by atoms with Crippen LogP contribution in [0.4, 0.5) is 0 Å². The lowest BCUT2D eigenvalue weighted by Gasteiger charge is -2.17. The molecule has 1 aromatic carbocycles. The monoisotopic (exact) mass is 463 g/mol. The summed E-state index contributed by atoms with van der Waals surface area (Å²) in [7, 11) is 0. The van der Waals surface area contributed by atoms with Crippen molar-refractivity contribution in [1.82, 2.24) is 15.6 Å². The van der Waals surface area contributed by atoms with Crippen molar-refractivity contribution in [3.8, 4) is 10.6 Å². The molecule has 0 saturated carbocycles. The quantitative estimate of drug-likeness (QED) is 0.342. The topological polar surface area (TPSA) is 88.2 Å². The van der Waals surface area contributed by atoms with Gasteiger partial charge in [-0.15, -0.1) is 11.3 Å². The van der Waals surface area contributed by atoms with Gasteiger partial charge in [0.05, 0.1) is 10.6 Å². The van der Waals surface area contributed by atoms with Crippen LogP contribution in [0.25, 0.3) is 10.6 Å². The van der Waals surface area contributed by atoms with Crippen molar-refractivity contribution in [1.29, 1.82) is 0 Å². The Kier molecular flexibility index (Phi) is 8.49. The number of carbonyl (C=O) groups excluding carboxylic acids is 3. The number of ketones is 1. The number of carbonyl (C=O) groups is 3. The standard InChI is InChI=1S/C26H29N3O3S/c1-17(2)13-14-27-26(32)20(16-28-25(31)19-11-9-18(3)10-12-19)24(30)22-7-4-6-21(29-22)23-8-5-15-33-23/h4-12,15,17,20H,13-14,16H2,1-3H3,(H,27,32)(H,28,31)/t20-/m0/s1. The number of aromatic nitrogens is 1. The summed E-state index contributed by atoms with van der Waals surface area (Å²) in [6.45, 7) is 6.43. The number of aryl methyl sites for hydroxylation is 1. The normalized spacial score (nSPS) is 11.8. The number of rotatable bonds is 10. The third-order valence-corrected chi connectivity index (χ3v) is 6.10. The maximum absolute atomic E-state index is 13.3. The van der Waals surface area contributed by atoms with Gasteiger partial charge in [0.15, 0.2) is 5.78 Å². The first-order valence-electron chi connectivity index (χ1n) is 11.0. The first-order valence-corrected chi connectivity index (χ1v) is 11.9. The predicted molar refractivity (Wildman–Crippen MR) is 131 cm³/mol. The van der Waals surface area contributed by atoms with E-state index < -0.39 is 17.6 Å². The van der Waals surface area contributed by atoms with Crippen LogP contribution in [0, 0.1) is 18.8 Å². The number of amides is 2. The summed E-state index contributed by atoms with van der Waals surface area (Å²) in [5.41, 5.74) is 2.40. The molecule has 0 spiro atoms. The van der Waals surface area contributed by atoms with Crippen LogP contribution in [0.1, 0.15) is 46.7 Å². The zero-order valence-corrected chi connectivity index (χ0v) is 19.9. The molecule has 0 aliphatic rings. The summed E-state index contributed by atoms with van der Waals surface area (Å²) in [6.07, 6.45) is 0.800. The summed E-state index contributed by atoms with van der Waals surface area (Å²) >= 11 is 1.53. The molecule has 3 rings (SSSR count). The van der Waals surface area contributed by atoms with Crippen LogP contribution >= 0.6 is 11.3 Å². The van der Waals surface area contributed by atoms with Gasteiger partial charge in [0, 0.05) is 18.7 Å². The van der Waals surface area contributed by atoms with Crippen LogP contribution in [-0.4, -0.2) is 35.7 Å². The Morgan fingerprint density at radius 3 is 2.39 bits per heavy atom. The van der Waals surface area contributed by atoms with E-state index >= 15 is 0 Å². The number of nitrogens with one attached hydrogen (secondary N) is 2. The Balaban J connectivity index is 1.77. The molecule has 0 aliphatic heterocycles. The van der Waals surface area contributed by atoms with E-state index in [1.807, 2.05) is 42.6 Å². The number of hydrogen-bond acceptors (Lipinski definition) is 5. The summed E-state index contributed by atoms with van der Waals surface area (Å²) in [6, 6.07) is 16.2. The number of hydrogen-bond donors (Lipinski definition) is 2. The molecule has 2 heterocycles. The van der Waals surface area contributed by atoms with Crippen LogP contribution in [0.3, 0.4) is 0 Å². The first-order chi connectivity index (χ1) is 15.8. The molecule has 6 nitrogen and oxygen atoms in total. The lowest BCUT2D eigenvalue weighted by atomic mass is 9.99. The second-order valence-corrected chi connectivity index (χ2v) is 9.30. The van der Waals surface area contributed by atoms with Gasteiger partial charge in [-0.2, -0.15) is 0 Å². The highest BCUT2D eigenvalue weighted by Gasteiger charge is 2.29. The lowest BCUT2D eigenvalue weighted by Crippen LogP contribution is -2.43. The summed E-state index contributed by atoms with van der Waals surface area (Å²) < 4.78 is 0. The molecule has 0 aliphatic carbocycles. The van der Waals surface area contributed by atoms with E-state index in [0.717, 1.165) is 16.9 Å². The molecule has 0 fully saturated rings. The van der Waals surface area contributed by atoms with Crippen molar-refractivity contribution < 1.29 is 14.4 Å². The van der Waals surface area contributed by atoms with Crippen molar-refractivity contribution in [3.05, 3.63) is 76.8 Å². The minimum atomic E-state index is -1.07. The van der Waals surface area contributed by atoms with Gasteiger partial charge >= 0.3 is 0 Å². The highest BCUT2D eigenvalue weighted by atomic mass is 32.1. The largest absolute Gasteiger partial charge is 0.355 e. The fourth-order valence-corrected chi connectivity index (χ4v) is 3.92. The zero-order chi connectivity index (χ0) is 23.8. The van der Waals surface area contributed by atoms with Crippen molar-refractivity contribution in [2.75, 3.05) is 13.1 Å². The maximum atomic E-state index is 13.3. The van der Waals surface area contributed by atoms with E-state index in [0.29, 0.717) is 23.7 Å². The van der Waals surface area contributed by atoms with Crippen LogP contribution < -0.4 is 10.6 Å². The van der Waals surface area contributed by atoms with E-state index in [9.17, 15) is 14.4 Å². The molecule has 3 aromatic rings. The first kappa shape index (κ1) is 24.3. The molecule has 0 radical (unpaired) electrons. The Hall–Kier alpha value is -3.32. The third-order valence-electron chi connectivity index (χ3n) is 5.21. The van der Waals surface area contributed by atoms with Gasteiger partial charge in [-0.1, -0.05) is 43.7 Å². The molecular formula is C26H29N3O3S. The zero-order valence-electron chi connectivity index (χ0n) is 19.1. The summed E-state index contributed by atoms with van der Waals surface area (Å²) in [5.74, 6) is -1.81. The average molecular weight is 464 g/mol. The fraction of sp³-hybridized carbons (Fsp3) is 0.308. The second kappa shape index (κ2) is 11.5. The lowest BCUT2D eigenvalue weighted by molar-refractivity contribution is -0.123. The fourth-order valence-electron chi connectivity index (χ4n) is 3.23. The second-order valence-electron chi connectivity index (χ2n) is 8.35. The highest BCUT2D eigenvalue weighted by molar-refractivity contribution is 7.13. The van der Waals surface area contributed by atoms with E-state index in [-0.39, 0.29) is 18.1 Å². The van der Waals surface area contributed by atoms with Crippen LogP contribution in [0.15, 0.2) is 60.0 Å². The van der Waals surface area contributed by atoms with Crippen LogP contribution in [-0.2, 0) is 4.79 Å². The van der Waals surface area contributed by atoms with E-state index in [1.165, 1.54) is 11.3 Å². The van der Waals surface area contributed by atoms with Gasteiger partial charge < -0.3 is 10.6 Å². The molecule has 2 N–H and O–H groups in total. The molecule has 2 amide bonds. The minimum Gasteiger partial charge on any atom is -0.355 e. The van der Waals surface area contributed by atoms with E-state index in [4.69, 9.17) is 0 Å². The van der Waals surface area contributed by atoms with Crippen molar-refractivity contribution >= 4 is 28.9 Å². The number of benzene rings is 1. The molecular weight excluding hydrogens is 434 g/mol. The number of thiophene rings is 1. The van der Waals surface area contributed by atoms with Crippen molar-refractivity contribution in [2.45, 2.75) is 27.2 Å². The molecule has 0 bridgehead atoms. The molecule has 172 valence electrons. The number of pyridine rings is 1. The minimum absolute atomic E-state index is 0.107. The van der Waals surface area contributed by atoms with Crippen molar-refractivity contribution in [2.24, 2.45) is 11.8 Å². The van der Waals surface area contributed by atoms with Gasteiger partial charge in [0.1, 0.15) is 11.6 Å². The number of Topliss-reactive ketones (excluding diaryl/α,β-unsaturated/α-hetero) is 1. The molecule has 1 atom stereocenters. The van der Waals surface area contributed by atoms with Crippen LogP contribution in [0.2, 0.25) is 0 Å². The molecule has 7 heteroatoms. The Bertz CT molecular complexity index is 1090. The third kappa shape index (κ3) is 6.83. The Labute approximate surface area is 198 Å². The molecule has 0 unspecified atom stereocenters. The Morgan fingerprint density at radius 2 is 1.73 bits per heavy atom. The average Bonchev–Trinajstić information content (AvgIpc) is 3.34. The molecule has 33 heavy (non-hydrogen) atoms. The van der Waals surface area contributed by atoms with Gasteiger partial charge in [0.2, 0.25) is 5.91 Å². The van der Waals surface area contributed by atoms with Gasteiger partial charge in [-0.25, -0.2) is 4.98 Å². The summed E-state index contributed by atoms with van der Waals surface area (Å²) in [4.78, 5) is 44.3. The van der Waals surface area contributed by atoms with E-state index in [1.54, 1.807) is 24.3 Å². The highest BCUT2D eigenvalue weighted by Crippen LogP contribution is 2.23. The number of nitrogens with zero attached hydrogens (tertiary/aromatic N) is 1. The molecule has 0 saturated heterocycles. The van der Waals surface area contributed by atoms with E-state index in [2.05, 4.69) is 29.5 Å². The Morgan fingerprint density at radius 1 is 0.970 bits per heavy atom. The van der Waals surface area contributed by atoms with Gasteiger partial charge in [-0.3, -0.25) is 14.4 Å². The van der Waals surface area contributed by atoms with Gasteiger partial charge in [0.25, 0.3) is 5.91 Å². The SMILES string of the molecule is Cc1ccc(C(=O)NC[C@H](C(=O)NCCC(C)C)C(=O)c2cccc(-c3cccs3)n2)cc1. The van der Waals surface area contributed by atoms with Crippen molar-refractivity contribution in [3.63, 3.8) is 0 Å².